The summed E-state index contributed by atoms with van der Waals surface area (Å²) in [6, 6.07) is 7.16. The minimum absolute atomic E-state index is 0.0782. The van der Waals surface area contributed by atoms with Crippen molar-refractivity contribution in [1.82, 2.24) is 0 Å². The topological polar surface area (TPSA) is 59.0 Å². The van der Waals surface area contributed by atoms with Gasteiger partial charge in [-0.25, -0.2) is 13.2 Å². The Labute approximate surface area is 141 Å². The van der Waals surface area contributed by atoms with E-state index >= 15 is 0 Å². The molecular weight excluding hydrogens is 337 g/mol. The first-order valence-electron chi connectivity index (χ1n) is 7.07. The molecule has 24 heavy (non-hydrogen) atoms. The number of rotatable bonds is 3. The highest BCUT2D eigenvalue weighted by Crippen LogP contribution is 2.49. The maximum Gasteiger partial charge on any atom is 0.271 e. The van der Waals surface area contributed by atoms with Gasteiger partial charge in [0.05, 0.1) is 17.7 Å². The molecule has 124 valence electrons. The maximum absolute atomic E-state index is 14.1. The van der Waals surface area contributed by atoms with E-state index in [4.69, 9.17) is 15.7 Å². The minimum Gasteiger partial charge on any atom is -0.457 e. The van der Waals surface area contributed by atoms with Gasteiger partial charge in [-0.15, -0.1) is 11.8 Å². The van der Waals surface area contributed by atoms with Crippen LogP contribution in [0, 0.1) is 17.1 Å². The second-order valence-corrected chi connectivity index (χ2v) is 6.31. The summed E-state index contributed by atoms with van der Waals surface area (Å²) >= 11 is 1.33. The van der Waals surface area contributed by atoms with E-state index in [2.05, 4.69) is 0 Å². The minimum atomic E-state index is -3.06. The standard InChI is InChI=1S/C17H13F3N2OS/c1-24-14-3-2-13(12-7-17(19,20)16(22)15(12)14)23-11-5-9(8-21)4-10(18)6-11/h2-6,16H,7,22H2,1H3. The molecule has 0 amide bonds. The molecule has 0 spiro atoms. The Hall–Kier alpha value is -2.17. The summed E-state index contributed by atoms with van der Waals surface area (Å²) in [5, 5.41) is 8.89. The van der Waals surface area contributed by atoms with Crippen LogP contribution in [0.3, 0.4) is 0 Å². The molecule has 0 saturated heterocycles. The molecule has 1 unspecified atom stereocenters. The van der Waals surface area contributed by atoms with Gasteiger partial charge in [-0.1, -0.05) is 0 Å². The Kier molecular flexibility index (Phi) is 4.20. The number of halogens is 3. The summed E-state index contributed by atoms with van der Waals surface area (Å²) < 4.78 is 47.2. The molecule has 2 N–H and O–H groups in total. The lowest BCUT2D eigenvalue weighted by Crippen LogP contribution is -2.28. The van der Waals surface area contributed by atoms with Crippen molar-refractivity contribution in [2.75, 3.05) is 6.26 Å². The molecule has 7 heteroatoms. The molecule has 0 saturated carbocycles. The van der Waals surface area contributed by atoms with Crippen LogP contribution in [0.5, 0.6) is 11.5 Å². The largest absolute Gasteiger partial charge is 0.457 e. The predicted molar refractivity (Wildman–Crippen MR) is 85.0 cm³/mol. The van der Waals surface area contributed by atoms with Crippen LogP contribution in [-0.4, -0.2) is 12.2 Å². The van der Waals surface area contributed by atoms with Crippen LogP contribution in [0.4, 0.5) is 13.2 Å². The van der Waals surface area contributed by atoms with Gasteiger partial charge >= 0.3 is 0 Å². The van der Waals surface area contributed by atoms with Crippen LogP contribution in [0.15, 0.2) is 35.2 Å². The molecule has 0 aliphatic heterocycles. The molecule has 1 aliphatic rings. The van der Waals surface area contributed by atoms with Gasteiger partial charge in [-0.2, -0.15) is 5.26 Å². The van der Waals surface area contributed by atoms with Gasteiger partial charge in [0, 0.05) is 22.9 Å². The predicted octanol–water partition coefficient (Wildman–Crippen LogP) is 4.40. The summed E-state index contributed by atoms with van der Waals surface area (Å²) in [6.45, 7) is 0. The summed E-state index contributed by atoms with van der Waals surface area (Å²) in [5.41, 5.74) is 6.48. The van der Waals surface area contributed by atoms with Gasteiger partial charge in [-0.3, -0.25) is 0 Å². The fraction of sp³-hybridized carbons (Fsp3) is 0.235. The fourth-order valence-corrected chi connectivity index (χ4v) is 3.46. The number of thioether (sulfide) groups is 1. The van der Waals surface area contributed by atoms with E-state index in [-0.39, 0.29) is 17.1 Å². The zero-order chi connectivity index (χ0) is 17.5. The quantitative estimate of drug-likeness (QED) is 0.834. The van der Waals surface area contributed by atoms with Gasteiger partial charge in [0.25, 0.3) is 5.92 Å². The van der Waals surface area contributed by atoms with E-state index in [0.29, 0.717) is 16.0 Å². The Balaban J connectivity index is 2.06. The third kappa shape index (κ3) is 2.83. The van der Waals surface area contributed by atoms with Gasteiger partial charge in [0.2, 0.25) is 0 Å². The second-order valence-electron chi connectivity index (χ2n) is 5.46. The number of hydrogen-bond donors (Lipinski definition) is 1. The normalized spacial score (nSPS) is 18.1. The number of nitriles is 1. The van der Waals surface area contributed by atoms with Crippen LogP contribution in [-0.2, 0) is 6.42 Å². The number of nitrogens with zero attached hydrogens (tertiary/aromatic N) is 1. The first-order valence-corrected chi connectivity index (χ1v) is 8.30. The lowest BCUT2D eigenvalue weighted by Gasteiger charge is -2.16. The molecule has 1 atom stereocenters. The van der Waals surface area contributed by atoms with E-state index in [1.807, 2.05) is 6.07 Å². The van der Waals surface area contributed by atoms with Gasteiger partial charge in [-0.05, 0) is 36.1 Å². The average Bonchev–Trinajstić information content (AvgIpc) is 2.78. The molecule has 3 rings (SSSR count). The fourth-order valence-electron chi connectivity index (χ4n) is 2.79. The first kappa shape index (κ1) is 16.7. The monoisotopic (exact) mass is 350 g/mol. The Morgan fingerprint density at radius 1 is 1.33 bits per heavy atom. The van der Waals surface area contributed by atoms with Crippen molar-refractivity contribution >= 4 is 11.8 Å². The number of ether oxygens (including phenoxy) is 1. The van der Waals surface area contributed by atoms with E-state index in [9.17, 15) is 13.2 Å². The van der Waals surface area contributed by atoms with Crippen LogP contribution in [0.1, 0.15) is 22.7 Å². The smallest absolute Gasteiger partial charge is 0.271 e. The van der Waals surface area contributed by atoms with E-state index in [1.54, 1.807) is 18.4 Å². The van der Waals surface area contributed by atoms with E-state index in [1.165, 1.54) is 17.8 Å². The first-order chi connectivity index (χ1) is 11.4. The molecule has 3 nitrogen and oxygen atoms in total. The lowest BCUT2D eigenvalue weighted by molar-refractivity contribution is -0.0140. The lowest BCUT2D eigenvalue weighted by atomic mass is 10.1. The molecule has 0 radical (unpaired) electrons. The number of hydrogen-bond acceptors (Lipinski definition) is 4. The van der Waals surface area contributed by atoms with Gasteiger partial charge < -0.3 is 10.5 Å². The van der Waals surface area contributed by atoms with Crippen molar-refractivity contribution in [3.05, 3.63) is 52.8 Å². The average molecular weight is 350 g/mol. The highest BCUT2D eigenvalue weighted by Gasteiger charge is 2.48. The molecular formula is C17H13F3N2OS. The Morgan fingerprint density at radius 3 is 2.75 bits per heavy atom. The van der Waals surface area contributed by atoms with Crippen molar-refractivity contribution in [3.8, 4) is 17.6 Å². The number of fused-ring (bicyclic) bond motifs is 1. The molecule has 2 aromatic rings. The van der Waals surface area contributed by atoms with Crippen molar-refractivity contribution < 1.29 is 17.9 Å². The zero-order valence-corrected chi connectivity index (χ0v) is 13.5. The number of alkyl halides is 2. The third-order valence-electron chi connectivity index (χ3n) is 3.90. The van der Waals surface area contributed by atoms with Crippen molar-refractivity contribution in [2.45, 2.75) is 23.3 Å². The molecule has 2 aromatic carbocycles. The maximum atomic E-state index is 14.1. The summed E-state index contributed by atoms with van der Waals surface area (Å²) in [5.74, 6) is -3.42. The highest BCUT2D eigenvalue weighted by atomic mass is 32.2. The summed E-state index contributed by atoms with van der Waals surface area (Å²) in [7, 11) is 0. The summed E-state index contributed by atoms with van der Waals surface area (Å²) in [4.78, 5) is 0.666. The second kappa shape index (κ2) is 6.04. The molecule has 0 fully saturated rings. The van der Waals surface area contributed by atoms with Crippen molar-refractivity contribution in [3.63, 3.8) is 0 Å². The van der Waals surface area contributed by atoms with Gasteiger partial charge in [0.1, 0.15) is 17.3 Å². The Morgan fingerprint density at radius 2 is 2.08 bits per heavy atom. The third-order valence-corrected chi connectivity index (χ3v) is 4.70. The van der Waals surface area contributed by atoms with Crippen molar-refractivity contribution in [1.29, 1.82) is 5.26 Å². The van der Waals surface area contributed by atoms with Gasteiger partial charge in [0.15, 0.2) is 0 Å². The van der Waals surface area contributed by atoms with Crippen molar-refractivity contribution in [2.24, 2.45) is 5.73 Å². The van der Waals surface area contributed by atoms with Crippen LogP contribution in [0.25, 0.3) is 0 Å². The number of benzene rings is 2. The zero-order valence-electron chi connectivity index (χ0n) is 12.6. The SMILES string of the molecule is CSc1ccc(Oc2cc(F)cc(C#N)c2)c2c1C(N)C(F)(F)C2. The highest BCUT2D eigenvalue weighted by molar-refractivity contribution is 7.98. The molecule has 0 aromatic heterocycles. The summed E-state index contributed by atoms with van der Waals surface area (Å²) in [6.07, 6.45) is 1.25. The molecule has 0 heterocycles. The molecule has 1 aliphatic carbocycles. The Bertz CT molecular complexity index is 848. The molecule has 0 bridgehead atoms. The van der Waals surface area contributed by atoms with Crippen LogP contribution < -0.4 is 10.5 Å². The van der Waals surface area contributed by atoms with Crippen LogP contribution >= 0.6 is 11.8 Å². The number of nitrogens with two attached hydrogens (primary N) is 1. The van der Waals surface area contributed by atoms with E-state index < -0.39 is 24.2 Å². The van der Waals surface area contributed by atoms with E-state index in [0.717, 1.165) is 12.1 Å². The van der Waals surface area contributed by atoms with Crippen LogP contribution in [0.2, 0.25) is 0 Å².